The average molecular weight is 380 g/mol. The van der Waals surface area contributed by atoms with Gasteiger partial charge in [-0.1, -0.05) is 47.5 Å². The lowest BCUT2D eigenvalue weighted by atomic mass is 10.1. The van der Waals surface area contributed by atoms with Crippen LogP contribution in [0.15, 0.2) is 64.3 Å². The summed E-state index contributed by atoms with van der Waals surface area (Å²) < 4.78 is 4.52. The predicted molar refractivity (Wildman–Crippen MR) is 109 cm³/mol. The maximum atomic E-state index is 13.0. The topological polar surface area (TPSA) is 48.9 Å². The minimum absolute atomic E-state index is 0.324. The summed E-state index contributed by atoms with van der Waals surface area (Å²) in [7, 11) is 3.16. The number of hydrogen-bond acceptors (Lipinski definition) is 2. The lowest BCUT2D eigenvalue weighted by Gasteiger charge is -2.12. The number of benzene rings is 2. The molecule has 5 nitrogen and oxygen atoms in total. The highest BCUT2D eigenvalue weighted by molar-refractivity contribution is 6.32. The SMILES string of the molecule is Cc1cccc(-c2c3c(=O)n(C)c(=O)n(C)c3cn2-c2ccccc2Cl)c1. The van der Waals surface area contributed by atoms with Crippen LogP contribution in [-0.4, -0.2) is 13.7 Å². The van der Waals surface area contributed by atoms with Crippen molar-refractivity contribution in [1.82, 2.24) is 13.7 Å². The quantitative estimate of drug-likeness (QED) is 0.533. The summed E-state index contributed by atoms with van der Waals surface area (Å²) in [5, 5.41) is 1.05. The largest absolute Gasteiger partial charge is 0.330 e. The first-order chi connectivity index (χ1) is 12.9. The standard InChI is InChI=1S/C21H18ClN3O2/c1-13-7-6-8-14(11-13)19-18-17(23(2)21(27)24(3)20(18)26)12-25(19)16-10-5-4-9-15(16)22/h4-12H,1-3H3. The van der Waals surface area contributed by atoms with Crippen molar-refractivity contribution in [2.45, 2.75) is 6.92 Å². The minimum atomic E-state index is -0.361. The van der Waals surface area contributed by atoms with E-state index in [1.165, 1.54) is 11.6 Å². The van der Waals surface area contributed by atoms with Crippen LogP contribution >= 0.6 is 11.6 Å². The summed E-state index contributed by atoms with van der Waals surface area (Å²) in [6.07, 6.45) is 1.80. The third-order valence-electron chi connectivity index (χ3n) is 4.84. The minimum Gasteiger partial charge on any atom is -0.312 e. The summed E-state index contributed by atoms with van der Waals surface area (Å²) in [5.74, 6) is 0. The maximum Gasteiger partial charge on any atom is 0.330 e. The summed E-state index contributed by atoms with van der Waals surface area (Å²) in [5.41, 5.74) is 3.32. The number of aromatic nitrogens is 3. The molecule has 0 saturated heterocycles. The third kappa shape index (κ3) is 2.62. The van der Waals surface area contributed by atoms with Crippen LogP contribution in [-0.2, 0) is 14.1 Å². The molecule has 0 radical (unpaired) electrons. The van der Waals surface area contributed by atoms with Gasteiger partial charge in [0.25, 0.3) is 5.56 Å². The average Bonchev–Trinajstić information content (AvgIpc) is 3.05. The Morgan fingerprint density at radius 2 is 1.67 bits per heavy atom. The fourth-order valence-electron chi connectivity index (χ4n) is 3.45. The summed E-state index contributed by atoms with van der Waals surface area (Å²) in [4.78, 5) is 25.4. The highest BCUT2D eigenvalue weighted by Gasteiger charge is 2.21. The number of nitrogens with zero attached hydrogens (tertiary/aromatic N) is 3. The summed E-state index contributed by atoms with van der Waals surface area (Å²) in [6, 6.07) is 15.4. The molecule has 0 fully saturated rings. The van der Waals surface area contributed by atoms with Crippen molar-refractivity contribution >= 4 is 22.5 Å². The molecule has 0 bridgehead atoms. The highest BCUT2D eigenvalue weighted by atomic mass is 35.5. The zero-order valence-corrected chi connectivity index (χ0v) is 16.0. The Morgan fingerprint density at radius 1 is 0.926 bits per heavy atom. The first-order valence-electron chi connectivity index (χ1n) is 8.53. The number of fused-ring (bicyclic) bond motifs is 1. The van der Waals surface area contributed by atoms with Crippen LogP contribution in [0.1, 0.15) is 5.56 Å². The van der Waals surface area contributed by atoms with E-state index in [1.54, 1.807) is 19.3 Å². The van der Waals surface area contributed by atoms with Crippen molar-refractivity contribution < 1.29 is 0 Å². The van der Waals surface area contributed by atoms with E-state index in [-0.39, 0.29) is 11.2 Å². The number of para-hydroxylation sites is 1. The fourth-order valence-corrected chi connectivity index (χ4v) is 3.68. The van der Waals surface area contributed by atoms with E-state index in [1.807, 2.05) is 54.0 Å². The number of halogens is 1. The second-order valence-corrected chi connectivity index (χ2v) is 7.04. The molecule has 6 heteroatoms. The van der Waals surface area contributed by atoms with Crippen LogP contribution < -0.4 is 11.2 Å². The van der Waals surface area contributed by atoms with Crippen LogP contribution in [0.3, 0.4) is 0 Å². The summed E-state index contributed by atoms with van der Waals surface area (Å²) >= 11 is 6.45. The molecule has 0 aliphatic rings. The Labute approximate surface area is 160 Å². The second kappa shape index (κ2) is 6.28. The van der Waals surface area contributed by atoms with Gasteiger partial charge < -0.3 is 4.57 Å². The molecule has 0 spiro atoms. The molecule has 4 rings (SSSR count). The number of rotatable bonds is 2. The van der Waals surface area contributed by atoms with Gasteiger partial charge in [-0.05, 0) is 30.7 Å². The van der Waals surface area contributed by atoms with Crippen molar-refractivity contribution in [3.8, 4) is 16.9 Å². The molecular weight excluding hydrogens is 362 g/mol. The first kappa shape index (κ1) is 17.4. The number of aryl methyl sites for hydroxylation is 2. The molecule has 0 saturated carbocycles. The number of hydrogen-bond donors (Lipinski definition) is 0. The Kier molecular flexibility index (Phi) is 4.04. The van der Waals surface area contributed by atoms with E-state index >= 15 is 0 Å². The Morgan fingerprint density at radius 3 is 2.37 bits per heavy atom. The molecule has 2 aromatic carbocycles. The molecule has 0 aliphatic heterocycles. The van der Waals surface area contributed by atoms with Gasteiger partial charge in [-0.25, -0.2) is 4.79 Å². The Hall–Kier alpha value is -3.05. The molecule has 2 aromatic heterocycles. The van der Waals surface area contributed by atoms with Crippen LogP contribution in [0.5, 0.6) is 0 Å². The monoisotopic (exact) mass is 379 g/mol. The molecule has 0 unspecified atom stereocenters. The molecule has 0 amide bonds. The van der Waals surface area contributed by atoms with Crippen LogP contribution in [0.4, 0.5) is 0 Å². The smallest absolute Gasteiger partial charge is 0.312 e. The maximum absolute atomic E-state index is 13.0. The van der Waals surface area contributed by atoms with E-state index in [0.717, 1.165) is 27.1 Å². The molecule has 27 heavy (non-hydrogen) atoms. The van der Waals surface area contributed by atoms with Crippen molar-refractivity contribution in [1.29, 1.82) is 0 Å². The molecule has 2 heterocycles. The van der Waals surface area contributed by atoms with Crippen molar-refractivity contribution in [3.05, 3.63) is 86.2 Å². The molecular formula is C21H18ClN3O2. The molecule has 4 aromatic rings. The Bertz CT molecular complexity index is 1310. The van der Waals surface area contributed by atoms with Crippen LogP contribution in [0.25, 0.3) is 27.8 Å². The van der Waals surface area contributed by atoms with E-state index in [2.05, 4.69) is 0 Å². The van der Waals surface area contributed by atoms with Crippen LogP contribution in [0, 0.1) is 6.92 Å². The molecule has 0 aliphatic carbocycles. The van der Waals surface area contributed by atoms with E-state index < -0.39 is 0 Å². The van der Waals surface area contributed by atoms with Crippen molar-refractivity contribution in [2.75, 3.05) is 0 Å². The van der Waals surface area contributed by atoms with Gasteiger partial charge in [0, 0.05) is 20.3 Å². The van der Waals surface area contributed by atoms with Crippen molar-refractivity contribution in [3.63, 3.8) is 0 Å². The zero-order chi connectivity index (χ0) is 19.3. The third-order valence-corrected chi connectivity index (χ3v) is 5.16. The fraction of sp³-hybridized carbons (Fsp3) is 0.143. The van der Waals surface area contributed by atoms with E-state index in [0.29, 0.717) is 15.9 Å². The molecule has 0 atom stereocenters. The second-order valence-electron chi connectivity index (χ2n) is 6.63. The van der Waals surface area contributed by atoms with Gasteiger partial charge in [0.2, 0.25) is 0 Å². The summed E-state index contributed by atoms with van der Waals surface area (Å²) in [6.45, 7) is 2.00. The lowest BCUT2D eigenvalue weighted by Crippen LogP contribution is -2.36. The van der Waals surface area contributed by atoms with Crippen LogP contribution in [0.2, 0.25) is 5.02 Å². The highest BCUT2D eigenvalue weighted by Crippen LogP contribution is 2.33. The van der Waals surface area contributed by atoms with Gasteiger partial charge in [-0.3, -0.25) is 13.9 Å². The normalized spacial score (nSPS) is 11.3. The predicted octanol–water partition coefficient (Wildman–Crippen LogP) is 3.66. The molecule has 136 valence electrons. The van der Waals surface area contributed by atoms with E-state index in [9.17, 15) is 9.59 Å². The van der Waals surface area contributed by atoms with E-state index in [4.69, 9.17) is 11.6 Å². The van der Waals surface area contributed by atoms with Gasteiger partial charge >= 0.3 is 5.69 Å². The zero-order valence-electron chi connectivity index (χ0n) is 15.2. The molecule has 0 N–H and O–H groups in total. The first-order valence-corrected chi connectivity index (χ1v) is 8.91. The van der Waals surface area contributed by atoms with Gasteiger partial charge in [0.05, 0.1) is 27.3 Å². The van der Waals surface area contributed by atoms with Gasteiger partial charge in [-0.15, -0.1) is 0 Å². The van der Waals surface area contributed by atoms with Crippen molar-refractivity contribution in [2.24, 2.45) is 14.1 Å². The van der Waals surface area contributed by atoms with Gasteiger partial charge in [0.1, 0.15) is 0 Å². The lowest BCUT2D eigenvalue weighted by molar-refractivity contribution is 0.714. The Balaban J connectivity index is 2.25. The van der Waals surface area contributed by atoms with Gasteiger partial charge in [0.15, 0.2) is 0 Å². The van der Waals surface area contributed by atoms with Gasteiger partial charge in [-0.2, -0.15) is 0 Å².